The first-order chi connectivity index (χ1) is 6.38. The number of hydrogen-bond donors (Lipinski definition) is 0. The van der Waals surface area contributed by atoms with Gasteiger partial charge in [0.1, 0.15) is 0 Å². The standard InChI is InChI=1S/C11H19NOS/c1-9(11-6-7-11)8-12-10(2)13-14(3,4)5/h8,11H,1-2,6-7H2,3-5H3/b12-8+. The maximum absolute atomic E-state index is 5.54. The van der Waals surface area contributed by atoms with Crippen LogP contribution in [-0.4, -0.2) is 25.0 Å². The van der Waals surface area contributed by atoms with E-state index in [9.17, 15) is 0 Å². The molecule has 0 saturated heterocycles. The summed E-state index contributed by atoms with van der Waals surface area (Å²) in [6.07, 6.45) is 10.5. The van der Waals surface area contributed by atoms with E-state index in [-0.39, 0.29) is 0 Å². The molecule has 80 valence electrons. The van der Waals surface area contributed by atoms with Gasteiger partial charge in [-0.05, 0) is 49.7 Å². The van der Waals surface area contributed by atoms with Crippen LogP contribution in [0.5, 0.6) is 0 Å². The number of allylic oxidation sites excluding steroid dienone is 1. The van der Waals surface area contributed by atoms with Gasteiger partial charge in [-0.25, -0.2) is 4.99 Å². The van der Waals surface area contributed by atoms with E-state index < -0.39 is 10.3 Å². The Hall–Kier alpha value is -0.700. The highest BCUT2D eigenvalue weighted by Crippen LogP contribution is 2.39. The zero-order valence-electron chi connectivity index (χ0n) is 9.25. The van der Waals surface area contributed by atoms with Crippen molar-refractivity contribution < 1.29 is 4.18 Å². The molecule has 1 saturated carbocycles. The van der Waals surface area contributed by atoms with Gasteiger partial charge < -0.3 is 4.18 Å². The van der Waals surface area contributed by atoms with Crippen molar-refractivity contribution in [2.45, 2.75) is 12.8 Å². The zero-order valence-corrected chi connectivity index (χ0v) is 10.1. The molecule has 1 aliphatic carbocycles. The summed E-state index contributed by atoms with van der Waals surface area (Å²) < 4.78 is 5.54. The van der Waals surface area contributed by atoms with E-state index in [0.717, 1.165) is 5.57 Å². The SMILES string of the molecule is C=C(/N=C/C(=C)C1CC1)OS(C)(C)C. The zero-order chi connectivity index (χ0) is 10.8. The number of aliphatic imine (C=N–C) groups is 1. The third-order valence-corrected chi connectivity index (χ3v) is 2.51. The molecule has 0 radical (unpaired) electrons. The Bertz CT molecular complexity index is 272. The van der Waals surface area contributed by atoms with Crippen molar-refractivity contribution in [1.82, 2.24) is 0 Å². The highest BCUT2D eigenvalue weighted by Gasteiger charge is 2.23. The molecule has 1 rings (SSSR count). The molecule has 14 heavy (non-hydrogen) atoms. The van der Waals surface area contributed by atoms with Gasteiger partial charge in [0.05, 0.1) is 0 Å². The molecule has 0 spiro atoms. The van der Waals surface area contributed by atoms with E-state index in [1.54, 1.807) is 6.21 Å². The molecular weight excluding hydrogens is 194 g/mol. The molecule has 0 amide bonds. The maximum atomic E-state index is 5.54. The van der Waals surface area contributed by atoms with E-state index >= 15 is 0 Å². The first-order valence-electron chi connectivity index (χ1n) is 4.68. The lowest BCUT2D eigenvalue weighted by Crippen LogP contribution is -1.97. The van der Waals surface area contributed by atoms with Gasteiger partial charge in [-0.1, -0.05) is 16.9 Å². The summed E-state index contributed by atoms with van der Waals surface area (Å²) in [4.78, 5) is 4.15. The van der Waals surface area contributed by atoms with Gasteiger partial charge >= 0.3 is 0 Å². The number of nitrogens with zero attached hydrogens (tertiary/aromatic N) is 1. The van der Waals surface area contributed by atoms with Crippen molar-refractivity contribution >= 4 is 16.5 Å². The third-order valence-electron chi connectivity index (χ3n) is 1.82. The van der Waals surface area contributed by atoms with E-state index in [2.05, 4.69) is 36.9 Å². The summed E-state index contributed by atoms with van der Waals surface area (Å²) in [5.74, 6) is 1.16. The van der Waals surface area contributed by atoms with Crippen molar-refractivity contribution in [2.24, 2.45) is 10.9 Å². The highest BCUT2D eigenvalue weighted by atomic mass is 32.3. The average molecular weight is 213 g/mol. The lowest BCUT2D eigenvalue weighted by atomic mass is 10.2. The van der Waals surface area contributed by atoms with E-state index in [4.69, 9.17) is 4.18 Å². The summed E-state index contributed by atoms with van der Waals surface area (Å²) in [7, 11) is -1.02. The Morgan fingerprint density at radius 2 is 1.93 bits per heavy atom. The van der Waals surface area contributed by atoms with Crippen LogP contribution in [0.25, 0.3) is 0 Å². The van der Waals surface area contributed by atoms with Crippen molar-refractivity contribution in [2.75, 3.05) is 18.8 Å². The Balaban J connectivity index is 2.35. The molecule has 3 heteroatoms. The first kappa shape index (κ1) is 11.4. The molecule has 0 bridgehead atoms. The monoisotopic (exact) mass is 213 g/mol. The van der Waals surface area contributed by atoms with Crippen LogP contribution in [-0.2, 0) is 4.18 Å². The van der Waals surface area contributed by atoms with Crippen molar-refractivity contribution in [1.29, 1.82) is 0 Å². The van der Waals surface area contributed by atoms with Crippen LogP contribution < -0.4 is 0 Å². The molecule has 2 nitrogen and oxygen atoms in total. The summed E-state index contributed by atoms with van der Waals surface area (Å²) in [5.41, 5.74) is 1.10. The Morgan fingerprint density at radius 1 is 1.36 bits per heavy atom. The van der Waals surface area contributed by atoms with Crippen LogP contribution in [0.4, 0.5) is 0 Å². The van der Waals surface area contributed by atoms with Gasteiger partial charge in [0.15, 0.2) is 0 Å². The minimum Gasteiger partial charge on any atom is -0.430 e. The molecule has 0 unspecified atom stereocenters. The lowest BCUT2D eigenvalue weighted by molar-refractivity contribution is 0.482. The Labute approximate surface area is 88.3 Å². The molecular formula is C11H19NOS. The fourth-order valence-electron chi connectivity index (χ4n) is 1.02. The first-order valence-corrected chi connectivity index (χ1v) is 7.46. The summed E-state index contributed by atoms with van der Waals surface area (Å²) in [6.45, 7) is 7.70. The normalized spacial score (nSPS) is 18.2. The molecule has 0 aromatic rings. The van der Waals surface area contributed by atoms with Crippen LogP contribution in [0, 0.1) is 5.92 Å². The van der Waals surface area contributed by atoms with Crippen molar-refractivity contribution in [3.63, 3.8) is 0 Å². The molecule has 0 N–H and O–H groups in total. The predicted octanol–water partition coefficient (Wildman–Crippen LogP) is 3.12. The molecule has 0 aromatic carbocycles. The van der Waals surface area contributed by atoms with Crippen LogP contribution in [0.15, 0.2) is 29.6 Å². The smallest absolute Gasteiger partial charge is 0.217 e. The Morgan fingerprint density at radius 3 is 2.36 bits per heavy atom. The fraction of sp³-hybridized carbons (Fsp3) is 0.545. The second-order valence-corrected chi connectivity index (χ2v) is 7.93. The van der Waals surface area contributed by atoms with E-state index in [1.165, 1.54) is 12.8 Å². The minimum atomic E-state index is -1.02. The molecule has 0 aliphatic heterocycles. The van der Waals surface area contributed by atoms with Crippen molar-refractivity contribution in [3.05, 3.63) is 24.6 Å². The second kappa shape index (κ2) is 4.22. The van der Waals surface area contributed by atoms with Gasteiger partial charge in [-0.2, -0.15) is 0 Å². The predicted molar refractivity (Wildman–Crippen MR) is 65.9 cm³/mol. The van der Waals surface area contributed by atoms with Crippen LogP contribution >= 0.6 is 10.3 Å². The fourth-order valence-corrected chi connectivity index (χ4v) is 1.64. The van der Waals surface area contributed by atoms with Crippen molar-refractivity contribution in [3.8, 4) is 0 Å². The van der Waals surface area contributed by atoms with Crippen LogP contribution in [0.2, 0.25) is 0 Å². The van der Waals surface area contributed by atoms with Crippen LogP contribution in [0.1, 0.15) is 12.8 Å². The van der Waals surface area contributed by atoms with Gasteiger partial charge in [-0.15, -0.1) is 0 Å². The largest absolute Gasteiger partial charge is 0.430 e. The molecule has 0 atom stereocenters. The van der Waals surface area contributed by atoms with Gasteiger partial charge in [-0.3, -0.25) is 0 Å². The summed E-state index contributed by atoms with van der Waals surface area (Å²) in [5, 5.41) is 0. The third kappa shape index (κ3) is 4.51. The highest BCUT2D eigenvalue weighted by molar-refractivity contribution is 8.28. The molecule has 1 aliphatic rings. The van der Waals surface area contributed by atoms with E-state index in [0.29, 0.717) is 11.8 Å². The number of rotatable bonds is 5. The maximum Gasteiger partial charge on any atom is 0.217 e. The topological polar surface area (TPSA) is 21.6 Å². The average Bonchev–Trinajstić information content (AvgIpc) is 2.78. The van der Waals surface area contributed by atoms with Gasteiger partial charge in [0.25, 0.3) is 0 Å². The number of hydrogen-bond acceptors (Lipinski definition) is 2. The molecule has 1 fully saturated rings. The van der Waals surface area contributed by atoms with Gasteiger partial charge in [0, 0.05) is 6.21 Å². The van der Waals surface area contributed by atoms with E-state index in [1.807, 2.05) is 0 Å². The Kier molecular flexibility index (Phi) is 3.43. The summed E-state index contributed by atoms with van der Waals surface area (Å²) in [6, 6.07) is 0. The van der Waals surface area contributed by atoms with Crippen LogP contribution in [0.3, 0.4) is 0 Å². The lowest BCUT2D eigenvalue weighted by Gasteiger charge is -2.25. The molecule has 0 heterocycles. The minimum absolute atomic E-state index is 0.495. The summed E-state index contributed by atoms with van der Waals surface area (Å²) >= 11 is 0. The molecule has 0 aromatic heterocycles. The quantitative estimate of drug-likeness (QED) is 0.508. The van der Waals surface area contributed by atoms with Gasteiger partial charge in [0.2, 0.25) is 5.88 Å². The second-order valence-electron chi connectivity index (χ2n) is 4.31.